The van der Waals surface area contributed by atoms with Gasteiger partial charge in [-0.2, -0.15) is 0 Å². The van der Waals surface area contributed by atoms with E-state index in [1.807, 2.05) is 60.4 Å². The zero-order chi connectivity index (χ0) is 20.1. The normalized spacial score (nSPS) is 13.6. The van der Waals surface area contributed by atoms with Crippen LogP contribution in [0.25, 0.3) is 0 Å². The Morgan fingerprint density at radius 3 is 2.69 bits per heavy atom. The molecule has 150 valence electrons. The smallest absolute Gasteiger partial charge is 0.277 e. The lowest BCUT2D eigenvalue weighted by Gasteiger charge is -2.15. The first-order valence-corrected chi connectivity index (χ1v) is 10.7. The van der Waals surface area contributed by atoms with E-state index in [1.165, 1.54) is 11.8 Å². The highest BCUT2D eigenvalue weighted by Gasteiger charge is 2.19. The molecule has 0 unspecified atom stereocenters. The molecule has 2 aromatic carbocycles. The van der Waals surface area contributed by atoms with E-state index in [0.717, 1.165) is 48.4 Å². The predicted molar refractivity (Wildman–Crippen MR) is 111 cm³/mol. The largest absolute Gasteiger partial charge is 0.484 e. The first kappa shape index (κ1) is 19.5. The second-order valence-electron chi connectivity index (χ2n) is 7.05. The van der Waals surface area contributed by atoms with Crippen LogP contribution in [0.3, 0.4) is 0 Å². The van der Waals surface area contributed by atoms with E-state index in [9.17, 15) is 4.79 Å². The van der Waals surface area contributed by atoms with Gasteiger partial charge in [0.1, 0.15) is 5.75 Å². The molecule has 29 heavy (non-hydrogen) atoms. The van der Waals surface area contributed by atoms with Gasteiger partial charge in [-0.25, -0.2) is 0 Å². The van der Waals surface area contributed by atoms with Crippen LogP contribution in [0.2, 0.25) is 0 Å². The fraction of sp³-hybridized carbons (Fsp3) is 0.318. The summed E-state index contributed by atoms with van der Waals surface area (Å²) in [6, 6.07) is 15.6. The fourth-order valence-electron chi connectivity index (χ4n) is 3.20. The molecule has 1 amide bonds. The maximum Gasteiger partial charge on any atom is 0.277 e. The van der Waals surface area contributed by atoms with Crippen LogP contribution in [0, 0.1) is 6.92 Å². The van der Waals surface area contributed by atoms with Crippen LogP contribution in [0.15, 0.2) is 58.2 Å². The van der Waals surface area contributed by atoms with Crippen molar-refractivity contribution >= 4 is 17.7 Å². The summed E-state index contributed by atoms with van der Waals surface area (Å²) < 4.78 is 11.3. The van der Waals surface area contributed by atoms with Gasteiger partial charge in [0.25, 0.3) is 17.0 Å². The summed E-state index contributed by atoms with van der Waals surface area (Å²) in [5.41, 5.74) is 2.98. The topological polar surface area (TPSA) is 68.5 Å². The van der Waals surface area contributed by atoms with E-state index in [2.05, 4.69) is 10.2 Å². The summed E-state index contributed by atoms with van der Waals surface area (Å²) >= 11 is 1.47. The standard InChI is InChI=1S/C22H23N3O3S/c1-16-5-4-6-19(13-16)27-14-20-23-24-22(28-20)29-15-17-7-9-18(10-8-17)21(26)25-11-2-3-12-25/h4-10,13H,2-3,11-12,14-15H2,1H3. The molecule has 0 spiro atoms. The molecule has 0 bridgehead atoms. The third-order valence-electron chi connectivity index (χ3n) is 4.76. The van der Waals surface area contributed by atoms with Gasteiger partial charge in [0.2, 0.25) is 0 Å². The minimum absolute atomic E-state index is 0.122. The van der Waals surface area contributed by atoms with Gasteiger partial charge < -0.3 is 14.1 Å². The summed E-state index contributed by atoms with van der Waals surface area (Å²) in [5.74, 6) is 2.04. The van der Waals surface area contributed by atoms with E-state index < -0.39 is 0 Å². The number of aromatic nitrogens is 2. The predicted octanol–water partition coefficient (Wildman–Crippen LogP) is 4.49. The number of benzene rings is 2. The maximum absolute atomic E-state index is 12.4. The van der Waals surface area contributed by atoms with Crippen LogP contribution in [-0.2, 0) is 12.4 Å². The first-order chi connectivity index (χ1) is 14.2. The highest BCUT2D eigenvalue weighted by Crippen LogP contribution is 2.23. The molecule has 0 N–H and O–H groups in total. The van der Waals surface area contributed by atoms with Crippen molar-refractivity contribution in [1.82, 2.24) is 15.1 Å². The molecule has 6 nitrogen and oxygen atoms in total. The van der Waals surface area contributed by atoms with Crippen molar-refractivity contribution in [3.8, 4) is 5.75 Å². The number of aryl methyl sites for hydroxylation is 1. The molecule has 0 atom stereocenters. The lowest BCUT2D eigenvalue weighted by atomic mass is 10.1. The number of amides is 1. The SMILES string of the molecule is Cc1cccc(OCc2nnc(SCc3ccc(C(=O)N4CCCC4)cc3)o2)c1. The third-order valence-corrected chi connectivity index (χ3v) is 5.65. The maximum atomic E-state index is 12.4. The fourth-order valence-corrected chi connectivity index (χ4v) is 3.93. The number of carbonyl (C=O) groups excluding carboxylic acids is 1. The van der Waals surface area contributed by atoms with Crippen molar-refractivity contribution in [3.05, 3.63) is 71.1 Å². The van der Waals surface area contributed by atoms with Crippen LogP contribution in [-0.4, -0.2) is 34.1 Å². The summed E-state index contributed by atoms with van der Waals surface area (Å²) in [4.78, 5) is 14.3. The number of hydrogen-bond acceptors (Lipinski definition) is 6. The summed E-state index contributed by atoms with van der Waals surface area (Å²) in [6.07, 6.45) is 2.20. The lowest BCUT2D eigenvalue weighted by molar-refractivity contribution is 0.0793. The molecule has 4 rings (SSSR count). The lowest BCUT2D eigenvalue weighted by Crippen LogP contribution is -2.27. The number of likely N-dealkylation sites (tertiary alicyclic amines) is 1. The molecule has 0 saturated carbocycles. The van der Waals surface area contributed by atoms with E-state index in [1.54, 1.807) is 0 Å². The van der Waals surface area contributed by atoms with E-state index >= 15 is 0 Å². The number of thioether (sulfide) groups is 1. The second-order valence-corrected chi connectivity index (χ2v) is 7.98. The van der Waals surface area contributed by atoms with E-state index in [0.29, 0.717) is 16.9 Å². The Balaban J connectivity index is 1.27. The van der Waals surface area contributed by atoms with Gasteiger partial charge in [0.15, 0.2) is 6.61 Å². The molecular formula is C22H23N3O3S. The molecule has 7 heteroatoms. The van der Waals surface area contributed by atoms with Crippen LogP contribution in [0.4, 0.5) is 0 Å². The summed E-state index contributed by atoms with van der Waals surface area (Å²) in [6.45, 7) is 3.99. The first-order valence-electron chi connectivity index (χ1n) is 9.70. The van der Waals surface area contributed by atoms with Crippen molar-refractivity contribution in [1.29, 1.82) is 0 Å². The van der Waals surface area contributed by atoms with Crippen molar-refractivity contribution in [3.63, 3.8) is 0 Å². The number of ether oxygens (including phenoxy) is 1. The Morgan fingerprint density at radius 2 is 1.93 bits per heavy atom. The average Bonchev–Trinajstić information content (AvgIpc) is 3.43. The van der Waals surface area contributed by atoms with Gasteiger partial charge in [-0.15, -0.1) is 10.2 Å². The summed E-state index contributed by atoms with van der Waals surface area (Å²) in [5, 5.41) is 8.60. The van der Waals surface area contributed by atoms with Gasteiger partial charge in [-0.05, 0) is 55.2 Å². The van der Waals surface area contributed by atoms with Crippen LogP contribution < -0.4 is 4.74 Å². The molecule has 1 fully saturated rings. The van der Waals surface area contributed by atoms with E-state index in [4.69, 9.17) is 9.15 Å². The average molecular weight is 410 g/mol. The number of carbonyl (C=O) groups is 1. The van der Waals surface area contributed by atoms with Gasteiger partial charge in [0, 0.05) is 24.4 Å². The number of hydrogen-bond donors (Lipinski definition) is 0. The molecule has 1 aliphatic rings. The van der Waals surface area contributed by atoms with Crippen LogP contribution in [0.5, 0.6) is 5.75 Å². The Hall–Kier alpha value is -2.80. The second kappa shape index (κ2) is 9.13. The Bertz CT molecular complexity index is 965. The van der Waals surface area contributed by atoms with Crippen molar-refractivity contribution in [2.24, 2.45) is 0 Å². The molecule has 0 radical (unpaired) electrons. The van der Waals surface area contributed by atoms with Gasteiger partial charge in [0.05, 0.1) is 0 Å². The third kappa shape index (κ3) is 5.17. The van der Waals surface area contributed by atoms with Crippen molar-refractivity contribution < 1.29 is 13.9 Å². The van der Waals surface area contributed by atoms with Crippen molar-refractivity contribution in [2.45, 2.75) is 37.3 Å². The van der Waals surface area contributed by atoms with Crippen molar-refractivity contribution in [2.75, 3.05) is 13.1 Å². The quantitative estimate of drug-likeness (QED) is 0.536. The minimum atomic E-state index is 0.122. The zero-order valence-electron chi connectivity index (χ0n) is 16.3. The molecule has 1 aliphatic heterocycles. The molecule has 1 aromatic heterocycles. The van der Waals surface area contributed by atoms with Crippen LogP contribution in [0.1, 0.15) is 40.2 Å². The van der Waals surface area contributed by atoms with Gasteiger partial charge in [-0.1, -0.05) is 36.0 Å². The van der Waals surface area contributed by atoms with Crippen LogP contribution >= 0.6 is 11.8 Å². The van der Waals surface area contributed by atoms with Gasteiger partial charge >= 0.3 is 0 Å². The Kier molecular flexibility index (Phi) is 6.14. The zero-order valence-corrected chi connectivity index (χ0v) is 17.2. The molecule has 0 aliphatic carbocycles. The number of nitrogens with zero attached hydrogens (tertiary/aromatic N) is 3. The molecule has 1 saturated heterocycles. The Labute approximate surface area is 174 Å². The minimum Gasteiger partial charge on any atom is -0.484 e. The molecule has 3 aromatic rings. The monoisotopic (exact) mass is 409 g/mol. The van der Waals surface area contributed by atoms with E-state index in [-0.39, 0.29) is 12.5 Å². The molecular weight excluding hydrogens is 386 g/mol. The highest BCUT2D eigenvalue weighted by atomic mass is 32.2. The number of rotatable bonds is 7. The molecule has 2 heterocycles. The van der Waals surface area contributed by atoms with Gasteiger partial charge in [-0.3, -0.25) is 4.79 Å². The highest BCUT2D eigenvalue weighted by molar-refractivity contribution is 7.98. The Morgan fingerprint density at radius 1 is 1.14 bits per heavy atom. The summed E-state index contributed by atoms with van der Waals surface area (Å²) in [7, 11) is 0.